The summed E-state index contributed by atoms with van der Waals surface area (Å²) in [4.78, 5) is 13.4. The highest BCUT2D eigenvalue weighted by atomic mass is 15.3. The van der Waals surface area contributed by atoms with Crippen molar-refractivity contribution in [2.45, 2.75) is 26.3 Å². The lowest BCUT2D eigenvalue weighted by Crippen LogP contribution is -2.50. The van der Waals surface area contributed by atoms with Crippen molar-refractivity contribution >= 4 is 11.6 Å². The predicted molar refractivity (Wildman–Crippen MR) is 70.1 cm³/mol. The summed E-state index contributed by atoms with van der Waals surface area (Å²) in [5.41, 5.74) is 5.82. The second-order valence-corrected chi connectivity index (χ2v) is 4.70. The van der Waals surface area contributed by atoms with Gasteiger partial charge in [-0.2, -0.15) is 0 Å². The molecule has 1 aliphatic heterocycles. The van der Waals surface area contributed by atoms with Crippen LogP contribution in [0.4, 0.5) is 11.6 Å². The van der Waals surface area contributed by atoms with E-state index in [0.29, 0.717) is 11.9 Å². The largest absolute Gasteiger partial charge is 0.384 e. The first kappa shape index (κ1) is 12.1. The molecule has 2 heterocycles. The van der Waals surface area contributed by atoms with Gasteiger partial charge < -0.3 is 15.5 Å². The van der Waals surface area contributed by atoms with Crippen molar-refractivity contribution in [2.75, 3.05) is 37.3 Å². The average molecular weight is 235 g/mol. The summed E-state index contributed by atoms with van der Waals surface area (Å²) < 4.78 is 0. The number of aryl methyl sites for hydroxylation is 1. The number of likely N-dealkylation sites (N-methyl/N-ethyl adjacent to an activating group) is 1. The van der Waals surface area contributed by atoms with Gasteiger partial charge in [0.2, 0.25) is 0 Å². The zero-order valence-corrected chi connectivity index (χ0v) is 10.8. The van der Waals surface area contributed by atoms with Crippen LogP contribution in [0.3, 0.4) is 0 Å². The van der Waals surface area contributed by atoms with Gasteiger partial charge in [0.1, 0.15) is 17.5 Å². The normalized spacial score (nSPS) is 21.8. The molecule has 0 radical (unpaired) electrons. The summed E-state index contributed by atoms with van der Waals surface area (Å²) in [6, 6.07) is 2.42. The highest BCUT2D eigenvalue weighted by Gasteiger charge is 2.22. The molecule has 0 spiro atoms. The van der Waals surface area contributed by atoms with Crippen LogP contribution in [0.5, 0.6) is 0 Å². The van der Waals surface area contributed by atoms with Crippen molar-refractivity contribution in [1.82, 2.24) is 14.9 Å². The first-order valence-electron chi connectivity index (χ1n) is 6.18. The maximum Gasteiger partial charge on any atom is 0.134 e. The summed E-state index contributed by atoms with van der Waals surface area (Å²) in [6.07, 6.45) is 0.821. The number of hydrogen-bond donors (Lipinski definition) is 1. The third-order valence-corrected chi connectivity index (χ3v) is 3.38. The lowest BCUT2D eigenvalue weighted by molar-refractivity contribution is 0.233. The quantitative estimate of drug-likeness (QED) is 0.820. The molecule has 17 heavy (non-hydrogen) atoms. The molecular formula is C12H21N5. The SMILES string of the molecule is CCc1nc(N)cc(N2CCN(C)C(C)C2)n1. The van der Waals surface area contributed by atoms with E-state index in [1.807, 2.05) is 13.0 Å². The van der Waals surface area contributed by atoms with E-state index in [9.17, 15) is 0 Å². The Bertz CT molecular complexity index is 392. The van der Waals surface area contributed by atoms with Gasteiger partial charge in [-0.1, -0.05) is 6.92 Å². The van der Waals surface area contributed by atoms with Gasteiger partial charge in [-0.25, -0.2) is 9.97 Å². The molecule has 1 aromatic rings. The summed E-state index contributed by atoms with van der Waals surface area (Å²) in [5.74, 6) is 2.36. The van der Waals surface area contributed by atoms with E-state index in [-0.39, 0.29) is 0 Å². The number of anilines is 2. The van der Waals surface area contributed by atoms with E-state index < -0.39 is 0 Å². The Balaban J connectivity index is 2.19. The Morgan fingerprint density at radius 3 is 2.82 bits per heavy atom. The molecule has 1 aromatic heterocycles. The van der Waals surface area contributed by atoms with Gasteiger partial charge in [0, 0.05) is 38.2 Å². The maximum atomic E-state index is 5.82. The van der Waals surface area contributed by atoms with Crippen LogP contribution in [0.1, 0.15) is 19.7 Å². The van der Waals surface area contributed by atoms with Crippen molar-refractivity contribution in [3.8, 4) is 0 Å². The minimum Gasteiger partial charge on any atom is -0.384 e. The van der Waals surface area contributed by atoms with Crippen molar-refractivity contribution in [1.29, 1.82) is 0 Å². The van der Waals surface area contributed by atoms with Crippen LogP contribution in [-0.2, 0) is 6.42 Å². The predicted octanol–water partition coefficient (Wildman–Crippen LogP) is 0.761. The van der Waals surface area contributed by atoms with E-state index in [1.54, 1.807) is 0 Å². The molecule has 0 aliphatic carbocycles. The first-order valence-corrected chi connectivity index (χ1v) is 6.18. The summed E-state index contributed by atoms with van der Waals surface area (Å²) in [7, 11) is 2.16. The summed E-state index contributed by atoms with van der Waals surface area (Å²) in [5, 5.41) is 0. The van der Waals surface area contributed by atoms with Gasteiger partial charge in [-0.15, -0.1) is 0 Å². The van der Waals surface area contributed by atoms with Crippen LogP contribution in [0, 0.1) is 0 Å². The van der Waals surface area contributed by atoms with E-state index >= 15 is 0 Å². The molecule has 1 aliphatic rings. The minimum atomic E-state index is 0.546. The van der Waals surface area contributed by atoms with E-state index in [2.05, 4.69) is 33.7 Å². The number of hydrogen-bond acceptors (Lipinski definition) is 5. The highest BCUT2D eigenvalue weighted by Crippen LogP contribution is 2.18. The number of rotatable bonds is 2. The van der Waals surface area contributed by atoms with Crippen LogP contribution < -0.4 is 10.6 Å². The van der Waals surface area contributed by atoms with Gasteiger partial charge >= 0.3 is 0 Å². The average Bonchev–Trinajstić information content (AvgIpc) is 2.32. The van der Waals surface area contributed by atoms with Crippen LogP contribution in [-0.4, -0.2) is 47.6 Å². The molecule has 0 bridgehead atoms. The van der Waals surface area contributed by atoms with Crippen LogP contribution >= 0.6 is 0 Å². The lowest BCUT2D eigenvalue weighted by Gasteiger charge is -2.38. The fraction of sp³-hybridized carbons (Fsp3) is 0.667. The fourth-order valence-electron chi connectivity index (χ4n) is 2.08. The maximum absolute atomic E-state index is 5.82. The highest BCUT2D eigenvalue weighted by molar-refractivity contribution is 5.47. The Labute approximate surface area is 103 Å². The van der Waals surface area contributed by atoms with Crippen LogP contribution in [0.15, 0.2) is 6.07 Å². The number of nitrogens with zero attached hydrogens (tertiary/aromatic N) is 4. The molecule has 0 aromatic carbocycles. The second-order valence-electron chi connectivity index (χ2n) is 4.70. The molecule has 94 valence electrons. The van der Waals surface area contributed by atoms with Gasteiger partial charge in [-0.05, 0) is 14.0 Å². The Morgan fingerprint density at radius 2 is 2.18 bits per heavy atom. The van der Waals surface area contributed by atoms with E-state index in [0.717, 1.165) is 37.7 Å². The van der Waals surface area contributed by atoms with Gasteiger partial charge in [-0.3, -0.25) is 0 Å². The van der Waals surface area contributed by atoms with E-state index in [4.69, 9.17) is 5.73 Å². The Kier molecular flexibility index (Phi) is 3.47. The molecule has 0 saturated carbocycles. The molecule has 1 fully saturated rings. The minimum absolute atomic E-state index is 0.546. The van der Waals surface area contributed by atoms with Gasteiger partial charge in [0.15, 0.2) is 0 Å². The topological polar surface area (TPSA) is 58.3 Å². The molecule has 1 atom stereocenters. The van der Waals surface area contributed by atoms with Gasteiger partial charge in [0.05, 0.1) is 0 Å². The zero-order valence-electron chi connectivity index (χ0n) is 10.8. The second kappa shape index (κ2) is 4.87. The van der Waals surface area contributed by atoms with E-state index in [1.165, 1.54) is 0 Å². The molecule has 1 saturated heterocycles. The third kappa shape index (κ3) is 2.66. The molecule has 1 unspecified atom stereocenters. The number of aromatic nitrogens is 2. The molecule has 2 N–H and O–H groups in total. The molecule has 2 rings (SSSR count). The number of nitrogen functional groups attached to an aromatic ring is 1. The summed E-state index contributed by atoms with van der Waals surface area (Å²) >= 11 is 0. The Morgan fingerprint density at radius 1 is 1.41 bits per heavy atom. The lowest BCUT2D eigenvalue weighted by atomic mass is 10.2. The molecule has 0 amide bonds. The summed E-state index contributed by atoms with van der Waals surface area (Å²) in [6.45, 7) is 7.34. The van der Waals surface area contributed by atoms with Crippen molar-refractivity contribution in [3.63, 3.8) is 0 Å². The van der Waals surface area contributed by atoms with Gasteiger partial charge in [0.25, 0.3) is 0 Å². The monoisotopic (exact) mass is 235 g/mol. The number of piperazine rings is 1. The van der Waals surface area contributed by atoms with Crippen molar-refractivity contribution in [2.24, 2.45) is 0 Å². The molecule has 5 heteroatoms. The zero-order chi connectivity index (χ0) is 12.4. The smallest absolute Gasteiger partial charge is 0.134 e. The van der Waals surface area contributed by atoms with Crippen molar-refractivity contribution < 1.29 is 0 Å². The van der Waals surface area contributed by atoms with Crippen molar-refractivity contribution in [3.05, 3.63) is 11.9 Å². The van der Waals surface area contributed by atoms with Crippen LogP contribution in [0.2, 0.25) is 0 Å². The number of nitrogens with two attached hydrogens (primary N) is 1. The third-order valence-electron chi connectivity index (χ3n) is 3.38. The Hall–Kier alpha value is -1.36. The van der Waals surface area contributed by atoms with Crippen LogP contribution in [0.25, 0.3) is 0 Å². The fourth-order valence-corrected chi connectivity index (χ4v) is 2.08. The standard InChI is InChI=1S/C12H21N5/c1-4-11-14-10(13)7-12(15-11)17-6-5-16(3)9(2)8-17/h7,9H,4-6,8H2,1-3H3,(H2,13,14,15). The molecule has 5 nitrogen and oxygen atoms in total. The molecular weight excluding hydrogens is 214 g/mol. The first-order chi connectivity index (χ1) is 8.10.